The van der Waals surface area contributed by atoms with E-state index in [1.165, 1.54) is 0 Å². The Kier molecular flexibility index (Phi) is 3.42. The van der Waals surface area contributed by atoms with Crippen LogP contribution < -0.4 is 0 Å². The zero-order valence-corrected chi connectivity index (χ0v) is 9.81. The van der Waals surface area contributed by atoms with Gasteiger partial charge in [-0.05, 0) is 26.2 Å². The van der Waals surface area contributed by atoms with Gasteiger partial charge in [0.25, 0.3) is 5.89 Å². The third kappa shape index (κ3) is 2.82. The lowest BCUT2D eigenvalue weighted by Gasteiger charge is -2.29. The zero-order valence-electron chi connectivity index (χ0n) is 9.81. The molecule has 0 saturated carbocycles. The van der Waals surface area contributed by atoms with Gasteiger partial charge < -0.3 is 14.4 Å². The van der Waals surface area contributed by atoms with Gasteiger partial charge in [0.1, 0.15) is 5.60 Å². The molecule has 2 rings (SSSR count). The third-order valence-electron chi connectivity index (χ3n) is 2.95. The van der Waals surface area contributed by atoms with Crippen LogP contribution in [0.3, 0.4) is 0 Å². The van der Waals surface area contributed by atoms with E-state index in [0.717, 1.165) is 19.3 Å². The Morgan fingerprint density at radius 2 is 2.35 bits per heavy atom. The minimum absolute atomic E-state index is 0.0105. The summed E-state index contributed by atoms with van der Waals surface area (Å²) >= 11 is 0. The van der Waals surface area contributed by atoms with Gasteiger partial charge in [0.05, 0.1) is 6.42 Å². The second-order valence-electron chi connectivity index (χ2n) is 4.45. The van der Waals surface area contributed by atoms with Crippen LogP contribution in [0.15, 0.2) is 4.52 Å². The number of hydrogen-bond acceptors (Lipinski definition) is 5. The fraction of sp³-hybridized carbons (Fsp3) is 0.727. The summed E-state index contributed by atoms with van der Waals surface area (Å²) < 4.78 is 10.8. The maximum absolute atomic E-state index is 10.4. The number of rotatable bonds is 4. The Morgan fingerprint density at radius 3 is 3.00 bits per heavy atom. The summed E-state index contributed by atoms with van der Waals surface area (Å²) in [7, 11) is 0. The normalized spacial score (nSPS) is 24.8. The van der Waals surface area contributed by atoms with Gasteiger partial charge in [0.2, 0.25) is 0 Å². The van der Waals surface area contributed by atoms with E-state index in [2.05, 4.69) is 10.1 Å². The molecule has 1 aromatic rings. The highest BCUT2D eigenvalue weighted by molar-refractivity contribution is 5.66. The molecule has 1 aliphatic heterocycles. The third-order valence-corrected chi connectivity index (χ3v) is 2.95. The SMILES string of the molecule is CC1(c2nc(CCC(=O)O)no2)CCCCO1. The van der Waals surface area contributed by atoms with Crippen molar-refractivity contribution in [2.75, 3.05) is 6.61 Å². The molecule has 1 fully saturated rings. The van der Waals surface area contributed by atoms with E-state index in [0.29, 0.717) is 18.3 Å². The van der Waals surface area contributed by atoms with Crippen molar-refractivity contribution in [1.29, 1.82) is 0 Å². The summed E-state index contributed by atoms with van der Waals surface area (Å²) in [5, 5.41) is 12.3. The summed E-state index contributed by atoms with van der Waals surface area (Å²) in [6.45, 7) is 2.63. The van der Waals surface area contributed by atoms with Gasteiger partial charge in [-0.3, -0.25) is 4.79 Å². The number of hydrogen-bond donors (Lipinski definition) is 1. The molecule has 6 heteroatoms. The fourth-order valence-electron chi connectivity index (χ4n) is 1.89. The lowest BCUT2D eigenvalue weighted by atomic mass is 9.96. The van der Waals surface area contributed by atoms with Crippen molar-refractivity contribution in [1.82, 2.24) is 10.1 Å². The van der Waals surface area contributed by atoms with Crippen molar-refractivity contribution in [2.45, 2.75) is 44.6 Å². The van der Waals surface area contributed by atoms with Gasteiger partial charge >= 0.3 is 5.97 Å². The molecule has 0 spiro atoms. The molecule has 0 bridgehead atoms. The maximum atomic E-state index is 10.4. The van der Waals surface area contributed by atoms with E-state index >= 15 is 0 Å². The van der Waals surface area contributed by atoms with Gasteiger partial charge in [-0.15, -0.1) is 0 Å². The molecule has 2 heterocycles. The van der Waals surface area contributed by atoms with Gasteiger partial charge in [-0.2, -0.15) is 4.98 Å². The molecule has 1 atom stereocenters. The van der Waals surface area contributed by atoms with E-state index in [1.807, 2.05) is 6.92 Å². The van der Waals surface area contributed by atoms with Crippen LogP contribution in [-0.2, 0) is 21.6 Å². The molecule has 0 amide bonds. The summed E-state index contributed by atoms with van der Waals surface area (Å²) in [5.41, 5.74) is -0.507. The standard InChI is InChI=1S/C11H16N2O4/c1-11(6-2-3-7-16-11)10-12-8(13-17-10)4-5-9(14)15/h2-7H2,1H3,(H,14,15). The average Bonchev–Trinajstić information content (AvgIpc) is 2.76. The molecule has 1 N–H and O–H groups in total. The highest BCUT2D eigenvalue weighted by atomic mass is 16.5. The molecule has 1 saturated heterocycles. The second-order valence-corrected chi connectivity index (χ2v) is 4.45. The van der Waals surface area contributed by atoms with Crippen molar-refractivity contribution < 1.29 is 19.2 Å². The molecule has 1 unspecified atom stereocenters. The molecule has 0 aliphatic carbocycles. The summed E-state index contributed by atoms with van der Waals surface area (Å²) in [5.74, 6) is 0.0202. The number of carbonyl (C=O) groups is 1. The van der Waals surface area contributed by atoms with Crippen molar-refractivity contribution >= 4 is 5.97 Å². The van der Waals surface area contributed by atoms with E-state index < -0.39 is 11.6 Å². The quantitative estimate of drug-likeness (QED) is 0.858. The van der Waals surface area contributed by atoms with E-state index in [9.17, 15) is 4.79 Å². The predicted molar refractivity (Wildman–Crippen MR) is 57.4 cm³/mol. The number of aryl methyl sites for hydroxylation is 1. The second kappa shape index (κ2) is 4.83. The Balaban J connectivity index is 2.03. The molecule has 1 aromatic heterocycles. The smallest absolute Gasteiger partial charge is 0.303 e. The lowest BCUT2D eigenvalue weighted by molar-refractivity contribution is -0.137. The molecule has 17 heavy (non-hydrogen) atoms. The van der Waals surface area contributed by atoms with Crippen molar-refractivity contribution in [3.05, 3.63) is 11.7 Å². The van der Waals surface area contributed by atoms with Gasteiger partial charge in [0, 0.05) is 13.0 Å². The Morgan fingerprint density at radius 1 is 1.53 bits per heavy atom. The van der Waals surface area contributed by atoms with Gasteiger partial charge in [0.15, 0.2) is 5.82 Å². The monoisotopic (exact) mass is 240 g/mol. The van der Waals surface area contributed by atoms with Crippen LogP contribution >= 0.6 is 0 Å². The number of aromatic nitrogens is 2. The summed E-state index contributed by atoms with van der Waals surface area (Å²) in [6.07, 6.45) is 3.28. The highest BCUT2D eigenvalue weighted by Crippen LogP contribution is 2.33. The molecule has 0 aromatic carbocycles. The first kappa shape index (κ1) is 12.0. The fourth-order valence-corrected chi connectivity index (χ4v) is 1.89. The van der Waals surface area contributed by atoms with Crippen molar-refractivity contribution in [3.63, 3.8) is 0 Å². The van der Waals surface area contributed by atoms with E-state index in [4.69, 9.17) is 14.4 Å². The van der Waals surface area contributed by atoms with Crippen molar-refractivity contribution in [2.24, 2.45) is 0 Å². The molecule has 1 aliphatic rings. The molecule has 94 valence electrons. The number of aliphatic carboxylic acids is 1. The Hall–Kier alpha value is -1.43. The lowest BCUT2D eigenvalue weighted by Crippen LogP contribution is -2.30. The van der Waals surface area contributed by atoms with Crippen LogP contribution in [0.1, 0.15) is 44.3 Å². The van der Waals surface area contributed by atoms with Crippen LogP contribution in [-0.4, -0.2) is 27.8 Å². The van der Waals surface area contributed by atoms with Crippen LogP contribution in [0.25, 0.3) is 0 Å². The highest BCUT2D eigenvalue weighted by Gasteiger charge is 2.35. The molecule has 0 radical (unpaired) electrons. The Labute approximate surface area is 99.0 Å². The number of ether oxygens (including phenoxy) is 1. The van der Waals surface area contributed by atoms with Crippen LogP contribution in [0.5, 0.6) is 0 Å². The largest absolute Gasteiger partial charge is 0.481 e. The van der Waals surface area contributed by atoms with Crippen molar-refractivity contribution in [3.8, 4) is 0 Å². The number of carboxylic acid groups (broad SMARTS) is 1. The predicted octanol–water partition coefficient (Wildman–Crippen LogP) is 1.50. The van der Waals surface area contributed by atoms with E-state index in [1.54, 1.807) is 0 Å². The zero-order chi connectivity index (χ0) is 12.3. The average molecular weight is 240 g/mol. The van der Waals surface area contributed by atoms with Crippen LogP contribution in [0, 0.1) is 0 Å². The molecular weight excluding hydrogens is 224 g/mol. The number of nitrogens with zero attached hydrogens (tertiary/aromatic N) is 2. The molecule has 6 nitrogen and oxygen atoms in total. The minimum Gasteiger partial charge on any atom is -0.481 e. The van der Waals surface area contributed by atoms with Crippen LogP contribution in [0.4, 0.5) is 0 Å². The first-order chi connectivity index (χ1) is 8.10. The first-order valence-corrected chi connectivity index (χ1v) is 5.79. The molecular formula is C11H16N2O4. The maximum Gasteiger partial charge on any atom is 0.303 e. The van der Waals surface area contributed by atoms with Crippen LogP contribution in [0.2, 0.25) is 0 Å². The first-order valence-electron chi connectivity index (χ1n) is 5.79. The minimum atomic E-state index is -0.864. The Bertz CT molecular complexity index is 396. The van der Waals surface area contributed by atoms with Gasteiger partial charge in [-0.1, -0.05) is 5.16 Å². The number of carboxylic acids is 1. The summed E-state index contributed by atoms with van der Waals surface area (Å²) in [4.78, 5) is 14.6. The van der Waals surface area contributed by atoms with E-state index in [-0.39, 0.29) is 12.8 Å². The summed E-state index contributed by atoms with van der Waals surface area (Å²) in [6, 6.07) is 0. The topological polar surface area (TPSA) is 85.5 Å². The van der Waals surface area contributed by atoms with Gasteiger partial charge in [-0.25, -0.2) is 0 Å².